The third-order valence-corrected chi connectivity index (χ3v) is 7.74. The van der Waals surface area contributed by atoms with Crippen molar-refractivity contribution in [2.24, 2.45) is 28.6 Å². The first kappa shape index (κ1) is 17.7. The van der Waals surface area contributed by atoms with Crippen LogP contribution in [0.25, 0.3) is 0 Å². The molecule has 134 valence electrons. The van der Waals surface area contributed by atoms with Crippen LogP contribution in [0.5, 0.6) is 0 Å². The van der Waals surface area contributed by atoms with E-state index in [9.17, 15) is 4.79 Å². The molecular weight excluding hydrogens is 300 g/mol. The number of fused-ring (bicyclic) bond motifs is 5. The standard InChI is InChI=1S/C19H28O.C2H4O2/c1-18-9-3-4-16(18)15-6-5-13-12-14(20)7-11-19(13,2)17(15)8-10-18;1-2(3)4/h12,15-17H,3-11H2,1-2H3;1H3,(H,3,4)/t15-,16-,17-,18-,19-;/m0./s1. The Labute approximate surface area is 145 Å². The zero-order valence-electron chi connectivity index (χ0n) is 15.4. The minimum absolute atomic E-state index is 0.362. The van der Waals surface area contributed by atoms with Gasteiger partial charge in [0.15, 0.2) is 5.78 Å². The molecular formula is C21H32O3. The summed E-state index contributed by atoms with van der Waals surface area (Å²) in [5.41, 5.74) is 2.53. The summed E-state index contributed by atoms with van der Waals surface area (Å²) in [5, 5.41) is 7.42. The number of ketones is 1. The molecule has 0 heterocycles. The highest BCUT2D eigenvalue weighted by Crippen LogP contribution is 2.65. The van der Waals surface area contributed by atoms with Gasteiger partial charge in [0.25, 0.3) is 5.97 Å². The maximum Gasteiger partial charge on any atom is 0.300 e. The van der Waals surface area contributed by atoms with E-state index in [4.69, 9.17) is 9.90 Å². The van der Waals surface area contributed by atoms with Gasteiger partial charge in [-0.3, -0.25) is 9.59 Å². The maximum atomic E-state index is 11.8. The summed E-state index contributed by atoms with van der Waals surface area (Å²) in [6.07, 6.45) is 13.8. The first-order valence-electron chi connectivity index (χ1n) is 9.70. The van der Waals surface area contributed by atoms with E-state index in [-0.39, 0.29) is 0 Å². The van der Waals surface area contributed by atoms with Gasteiger partial charge in [0, 0.05) is 13.3 Å². The monoisotopic (exact) mass is 332 g/mol. The van der Waals surface area contributed by atoms with Crippen molar-refractivity contribution in [3.63, 3.8) is 0 Å². The van der Waals surface area contributed by atoms with Crippen molar-refractivity contribution in [3.05, 3.63) is 11.6 Å². The summed E-state index contributed by atoms with van der Waals surface area (Å²) in [5.74, 6) is 2.35. The largest absolute Gasteiger partial charge is 0.481 e. The Bertz CT molecular complexity index is 559. The van der Waals surface area contributed by atoms with Gasteiger partial charge in [-0.2, -0.15) is 0 Å². The number of hydrogen-bond acceptors (Lipinski definition) is 2. The normalized spacial score (nSPS) is 43.5. The van der Waals surface area contributed by atoms with Crippen molar-refractivity contribution in [2.45, 2.75) is 78.6 Å². The van der Waals surface area contributed by atoms with E-state index < -0.39 is 5.97 Å². The predicted molar refractivity (Wildman–Crippen MR) is 94.6 cm³/mol. The quantitative estimate of drug-likeness (QED) is 0.679. The maximum absolute atomic E-state index is 11.8. The molecule has 0 aromatic carbocycles. The second-order valence-corrected chi connectivity index (χ2v) is 9.07. The molecule has 0 saturated heterocycles. The first-order chi connectivity index (χ1) is 11.3. The Morgan fingerprint density at radius 1 is 1.08 bits per heavy atom. The van der Waals surface area contributed by atoms with Crippen LogP contribution in [0.3, 0.4) is 0 Å². The van der Waals surface area contributed by atoms with E-state index in [0.29, 0.717) is 16.6 Å². The summed E-state index contributed by atoms with van der Waals surface area (Å²) >= 11 is 0. The molecule has 0 bridgehead atoms. The van der Waals surface area contributed by atoms with Gasteiger partial charge in [0.05, 0.1) is 0 Å². The zero-order chi connectivity index (χ0) is 17.5. The van der Waals surface area contributed by atoms with Gasteiger partial charge in [0.2, 0.25) is 0 Å². The van der Waals surface area contributed by atoms with E-state index in [0.717, 1.165) is 37.5 Å². The number of rotatable bonds is 0. The average molecular weight is 332 g/mol. The lowest BCUT2D eigenvalue weighted by Crippen LogP contribution is -2.49. The molecule has 1 N–H and O–H groups in total. The van der Waals surface area contributed by atoms with E-state index in [1.807, 2.05) is 6.08 Å². The Hall–Kier alpha value is -1.12. The highest BCUT2D eigenvalue weighted by molar-refractivity contribution is 5.91. The van der Waals surface area contributed by atoms with Gasteiger partial charge in [0.1, 0.15) is 0 Å². The summed E-state index contributed by atoms with van der Waals surface area (Å²) in [7, 11) is 0. The highest BCUT2D eigenvalue weighted by Gasteiger charge is 2.55. The van der Waals surface area contributed by atoms with E-state index >= 15 is 0 Å². The van der Waals surface area contributed by atoms with Crippen molar-refractivity contribution < 1.29 is 14.7 Å². The Balaban J connectivity index is 0.000000383. The third-order valence-electron chi connectivity index (χ3n) is 7.74. The SMILES string of the molecule is CC(=O)O.C[C@@]12CCC[C@H]1[C@@H]1CCC3=CC(=O)CC[C@]3(C)[C@H]1CC2. The number of carbonyl (C=O) groups is 2. The van der Waals surface area contributed by atoms with Crippen molar-refractivity contribution in [1.29, 1.82) is 0 Å². The second-order valence-electron chi connectivity index (χ2n) is 9.07. The molecule has 0 amide bonds. The molecule has 0 radical (unpaired) electrons. The van der Waals surface area contributed by atoms with Crippen LogP contribution in [0.1, 0.15) is 78.6 Å². The molecule has 0 unspecified atom stereocenters. The van der Waals surface area contributed by atoms with E-state index in [2.05, 4.69) is 13.8 Å². The van der Waals surface area contributed by atoms with Crippen molar-refractivity contribution in [1.82, 2.24) is 0 Å². The lowest BCUT2D eigenvalue weighted by atomic mass is 9.47. The second kappa shape index (κ2) is 6.31. The number of hydrogen-bond donors (Lipinski definition) is 1. The molecule has 0 spiro atoms. The highest BCUT2D eigenvalue weighted by atomic mass is 16.4. The molecule has 4 aliphatic rings. The predicted octanol–water partition coefficient (Wildman–Crippen LogP) is 5.00. The van der Waals surface area contributed by atoms with Crippen LogP contribution in [-0.2, 0) is 9.59 Å². The third kappa shape index (κ3) is 2.95. The fourth-order valence-electron chi connectivity index (χ4n) is 6.55. The van der Waals surface area contributed by atoms with Gasteiger partial charge >= 0.3 is 0 Å². The van der Waals surface area contributed by atoms with Crippen LogP contribution >= 0.6 is 0 Å². The van der Waals surface area contributed by atoms with Crippen molar-refractivity contribution >= 4 is 11.8 Å². The summed E-state index contributed by atoms with van der Waals surface area (Å²) in [6.45, 7) is 6.14. The molecule has 0 aliphatic heterocycles. The number of carboxylic acid groups (broad SMARTS) is 1. The summed E-state index contributed by atoms with van der Waals surface area (Å²) < 4.78 is 0. The average Bonchev–Trinajstić information content (AvgIpc) is 2.89. The number of allylic oxidation sites excluding steroid dienone is 1. The molecule has 3 nitrogen and oxygen atoms in total. The lowest BCUT2D eigenvalue weighted by molar-refractivity contribution is -0.134. The lowest BCUT2D eigenvalue weighted by Gasteiger charge is -2.57. The summed E-state index contributed by atoms with van der Waals surface area (Å²) in [6, 6.07) is 0. The molecule has 3 fully saturated rings. The van der Waals surface area contributed by atoms with Crippen LogP contribution < -0.4 is 0 Å². The van der Waals surface area contributed by atoms with Crippen LogP contribution in [0.2, 0.25) is 0 Å². The molecule has 0 aromatic heterocycles. The Morgan fingerprint density at radius 3 is 2.50 bits per heavy atom. The minimum Gasteiger partial charge on any atom is -0.481 e. The Kier molecular flexibility index (Phi) is 4.65. The zero-order valence-corrected chi connectivity index (χ0v) is 15.4. The number of carboxylic acids is 1. The smallest absolute Gasteiger partial charge is 0.300 e. The molecule has 24 heavy (non-hydrogen) atoms. The van der Waals surface area contributed by atoms with Gasteiger partial charge in [-0.05, 0) is 79.6 Å². The van der Waals surface area contributed by atoms with Crippen LogP contribution in [-0.4, -0.2) is 16.9 Å². The van der Waals surface area contributed by atoms with E-state index in [1.54, 1.807) is 0 Å². The number of carbonyl (C=O) groups excluding carboxylic acids is 1. The number of aliphatic carboxylic acids is 1. The molecule has 3 saturated carbocycles. The van der Waals surface area contributed by atoms with Crippen molar-refractivity contribution in [3.8, 4) is 0 Å². The molecule has 4 aliphatic carbocycles. The topological polar surface area (TPSA) is 54.4 Å². The fraction of sp³-hybridized carbons (Fsp3) is 0.810. The van der Waals surface area contributed by atoms with Gasteiger partial charge in [-0.1, -0.05) is 25.8 Å². The van der Waals surface area contributed by atoms with Crippen LogP contribution in [0.4, 0.5) is 0 Å². The molecule has 5 atom stereocenters. The molecule has 0 aromatic rings. The fourth-order valence-corrected chi connectivity index (χ4v) is 6.55. The first-order valence-corrected chi connectivity index (χ1v) is 9.70. The molecule has 3 heteroatoms. The summed E-state index contributed by atoms with van der Waals surface area (Å²) in [4.78, 5) is 20.8. The van der Waals surface area contributed by atoms with Gasteiger partial charge in [-0.15, -0.1) is 0 Å². The van der Waals surface area contributed by atoms with Gasteiger partial charge in [-0.25, -0.2) is 0 Å². The van der Waals surface area contributed by atoms with Crippen molar-refractivity contribution in [2.75, 3.05) is 0 Å². The minimum atomic E-state index is -0.833. The van der Waals surface area contributed by atoms with Crippen LogP contribution in [0, 0.1) is 28.6 Å². The van der Waals surface area contributed by atoms with Crippen LogP contribution in [0.15, 0.2) is 11.6 Å². The van der Waals surface area contributed by atoms with Gasteiger partial charge < -0.3 is 5.11 Å². The van der Waals surface area contributed by atoms with E-state index in [1.165, 1.54) is 50.5 Å². The molecule has 4 rings (SSSR count). The Morgan fingerprint density at radius 2 is 1.79 bits per heavy atom.